The summed E-state index contributed by atoms with van der Waals surface area (Å²) in [7, 11) is 1.74. The molecule has 1 fully saturated rings. The summed E-state index contributed by atoms with van der Waals surface area (Å²) in [6.07, 6.45) is 0. The molecule has 1 aromatic heterocycles. The molecule has 2 N–H and O–H groups in total. The number of halogens is 1. The smallest absolute Gasteiger partial charge is 0.239 e. The molecular formula is C10H13ClN2O2S. The van der Waals surface area contributed by atoms with E-state index in [1.54, 1.807) is 18.0 Å². The average Bonchev–Trinajstić information content (AvgIpc) is 2.63. The van der Waals surface area contributed by atoms with E-state index >= 15 is 0 Å². The van der Waals surface area contributed by atoms with Gasteiger partial charge in [-0.15, -0.1) is 11.3 Å². The van der Waals surface area contributed by atoms with Crippen LogP contribution in [0, 0.1) is 5.41 Å². The molecule has 0 spiro atoms. The maximum absolute atomic E-state index is 12.2. The number of rotatable bonds is 3. The van der Waals surface area contributed by atoms with Crippen LogP contribution >= 0.6 is 22.9 Å². The minimum absolute atomic E-state index is 0.000216. The van der Waals surface area contributed by atoms with E-state index in [2.05, 4.69) is 0 Å². The van der Waals surface area contributed by atoms with Crippen LogP contribution in [0.25, 0.3) is 0 Å². The predicted molar refractivity (Wildman–Crippen MR) is 65.0 cm³/mol. The van der Waals surface area contributed by atoms with Crippen molar-refractivity contribution in [2.24, 2.45) is 11.1 Å². The van der Waals surface area contributed by atoms with E-state index in [0.29, 0.717) is 24.1 Å². The zero-order valence-corrected chi connectivity index (χ0v) is 10.5. The summed E-state index contributed by atoms with van der Waals surface area (Å²) in [4.78, 5) is 13.8. The fourth-order valence-electron chi connectivity index (χ4n) is 1.62. The summed E-state index contributed by atoms with van der Waals surface area (Å²) in [5, 5.41) is 0.828. The molecule has 2 heterocycles. The third kappa shape index (κ3) is 1.84. The molecule has 0 aromatic carbocycles. The van der Waals surface area contributed by atoms with Crippen LogP contribution < -0.4 is 10.6 Å². The van der Waals surface area contributed by atoms with E-state index in [1.165, 1.54) is 11.3 Å². The van der Waals surface area contributed by atoms with E-state index in [0.717, 1.165) is 5.00 Å². The monoisotopic (exact) mass is 260 g/mol. The van der Waals surface area contributed by atoms with Gasteiger partial charge in [-0.05, 0) is 12.1 Å². The Morgan fingerprint density at radius 1 is 1.69 bits per heavy atom. The van der Waals surface area contributed by atoms with E-state index in [9.17, 15) is 4.79 Å². The number of ether oxygens (including phenoxy) is 1. The van der Waals surface area contributed by atoms with Crippen molar-refractivity contribution in [2.75, 3.05) is 31.7 Å². The van der Waals surface area contributed by atoms with Crippen LogP contribution in [-0.2, 0) is 9.53 Å². The van der Waals surface area contributed by atoms with Gasteiger partial charge in [0.2, 0.25) is 5.91 Å². The minimum Gasteiger partial charge on any atom is -0.379 e. The van der Waals surface area contributed by atoms with Gasteiger partial charge in [0, 0.05) is 13.6 Å². The van der Waals surface area contributed by atoms with Crippen molar-refractivity contribution in [1.29, 1.82) is 0 Å². The molecule has 2 rings (SSSR count). The fourth-order valence-corrected chi connectivity index (χ4v) is 2.61. The largest absolute Gasteiger partial charge is 0.379 e. The first kappa shape index (κ1) is 11.9. The number of hydrogen-bond donors (Lipinski definition) is 1. The normalized spacial score (nSPS) is 17.9. The van der Waals surface area contributed by atoms with Gasteiger partial charge >= 0.3 is 0 Å². The second-order valence-corrected chi connectivity index (χ2v) is 5.61. The third-order valence-corrected chi connectivity index (χ3v) is 4.10. The highest BCUT2D eigenvalue weighted by Crippen LogP contribution is 2.34. The molecule has 88 valence electrons. The number of carbonyl (C=O) groups excluding carboxylic acids is 1. The van der Waals surface area contributed by atoms with E-state index in [1.807, 2.05) is 6.07 Å². The first-order valence-corrected chi connectivity index (χ1v) is 6.10. The van der Waals surface area contributed by atoms with Gasteiger partial charge < -0.3 is 15.4 Å². The number of nitrogens with zero attached hydrogens (tertiary/aromatic N) is 1. The SMILES string of the molecule is CN(C(=O)C1(CN)COC1)c1ccc(Cl)s1. The van der Waals surface area contributed by atoms with Crippen molar-refractivity contribution >= 4 is 33.8 Å². The molecule has 1 aromatic rings. The second-order valence-electron chi connectivity index (χ2n) is 3.92. The number of nitrogens with two attached hydrogens (primary N) is 1. The van der Waals surface area contributed by atoms with Crippen LogP contribution in [-0.4, -0.2) is 32.7 Å². The molecule has 0 atom stereocenters. The molecule has 0 unspecified atom stereocenters. The summed E-state index contributed by atoms with van der Waals surface area (Å²) in [6.45, 7) is 1.13. The molecule has 0 aliphatic carbocycles. The second kappa shape index (κ2) is 4.33. The Bertz CT molecular complexity index is 398. The molecule has 1 amide bonds. The Morgan fingerprint density at radius 3 is 2.75 bits per heavy atom. The summed E-state index contributed by atoms with van der Waals surface area (Å²) in [6, 6.07) is 3.60. The topological polar surface area (TPSA) is 55.6 Å². The van der Waals surface area contributed by atoms with Gasteiger partial charge in [-0.2, -0.15) is 0 Å². The van der Waals surface area contributed by atoms with Crippen LogP contribution in [0.2, 0.25) is 4.34 Å². The highest BCUT2D eigenvalue weighted by Gasteiger charge is 2.46. The molecule has 4 nitrogen and oxygen atoms in total. The standard InChI is InChI=1S/C10H13ClN2O2S/c1-13(8-3-2-7(11)16-8)9(14)10(4-12)5-15-6-10/h2-3H,4-6,12H2,1H3. The van der Waals surface area contributed by atoms with Gasteiger partial charge in [0.05, 0.1) is 22.6 Å². The molecule has 16 heavy (non-hydrogen) atoms. The quantitative estimate of drug-likeness (QED) is 0.892. The molecular weight excluding hydrogens is 248 g/mol. The van der Waals surface area contributed by atoms with Crippen molar-refractivity contribution in [1.82, 2.24) is 0 Å². The van der Waals surface area contributed by atoms with Gasteiger partial charge in [0.15, 0.2) is 0 Å². The highest BCUT2D eigenvalue weighted by molar-refractivity contribution is 7.20. The van der Waals surface area contributed by atoms with Crippen LogP contribution in [0.1, 0.15) is 0 Å². The molecule has 0 radical (unpaired) electrons. The Morgan fingerprint density at radius 2 is 2.38 bits per heavy atom. The fraction of sp³-hybridized carbons (Fsp3) is 0.500. The number of carbonyl (C=O) groups is 1. The van der Waals surface area contributed by atoms with Crippen molar-refractivity contribution in [3.05, 3.63) is 16.5 Å². The summed E-state index contributed by atoms with van der Waals surface area (Å²) >= 11 is 7.21. The molecule has 1 aliphatic heterocycles. The zero-order chi connectivity index (χ0) is 11.8. The van der Waals surface area contributed by atoms with Crippen LogP contribution in [0.5, 0.6) is 0 Å². The lowest BCUT2D eigenvalue weighted by atomic mass is 9.84. The summed E-state index contributed by atoms with van der Waals surface area (Å²) in [5.41, 5.74) is 5.10. The number of hydrogen-bond acceptors (Lipinski definition) is 4. The first-order valence-electron chi connectivity index (χ1n) is 4.90. The van der Waals surface area contributed by atoms with Gasteiger partial charge in [0.1, 0.15) is 5.41 Å². The molecule has 0 bridgehead atoms. The van der Waals surface area contributed by atoms with Gasteiger partial charge in [-0.25, -0.2) is 0 Å². The van der Waals surface area contributed by atoms with Crippen molar-refractivity contribution in [2.45, 2.75) is 0 Å². The lowest BCUT2D eigenvalue weighted by molar-refractivity contribution is -0.156. The lowest BCUT2D eigenvalue weighted by Gasteiger charge is -2.40. The maximum atomic E-state index is 12.2. The highest BCUT2D eigenvalue weighted by atomic mass is 35.5. The van der Waals surface area contributed by atoms with Crippen LogP contribution in [0.4, 0.5) is 5.00 Å². The van der Waals surface area contributed by atoms with E-state index in [4.69, 9.17) is 22.1 Å². The maximum Gasteiger partial charge on any atom is 0.239 e. The Labute approximate surface area is 103 Å². The summed E-state index contributed by atoms with van der Waals surface area (Å²) < 4.78 is 5.76. The first-order chi connectivity index (χ1) is 7.59. The third-order valence-electron chi connectivity index (χ3n) is 2.80. The summed E-state index contributed by atoms with van der Waals surface area (Å²) in [5.74, 6) is -0.000216. The van der Waals surface area contributed by atoms with Gasteiger partial charge in [0.25, 0.3) is 0 Å². The van der Waals surface area contributed by atoms with Crippen LogP contribution in [0.15, 0.2) is 12.1 Å². The van der Waals surface area contributed by atoms with Crippen molar-refractivity contribution in [3.8, 4) is 0 Å². The van der Waals surface area contributed by atoms with E-state index < -0.39 is 5.41 Å². The molecule has 6 heteroatoms. The zero-order valence-electron chi connectivity index (χ0n) is 8.90. The van der Waals surface area contributed by atoms with E-state index in [-0.39, 0.29) is 5.91 Å². The van der Waals surface area contributed by atoms with Crippen molar-refractivity contribution < 1.29 is 9.53 Å². The molecule has 1 aliphatic rings. The number of anilines is 1. The predicted octanol–water partition coefficient (Wildman–Crippen LogP) is 1.34. The molecule has 1 saturated heterocycles. The molecule has 0 saturated carbocycles. The minimum atomic E-state index is -0.536. The Hall–Kier alpha value is -0.620. The lowest BCUT2D eigenvalue weighted by Crippen LogP contribution is -2.58. The van der Waals surface area contributed by atoms with Gasteiger partial charge in [-0.3, -0.25) is 4.79 Å². The number of amides is 1. The van der Waals surface area contributed by atoms with Crippen LogP contribution in [0.3, 0.4) is 0 Å². The number of thiophene rings is 1. The van der Waals surface area contributed by atoms with Crippen molar-refractivity contribution in [3.63, 3.8) is 0 Å². The Balaban J connectivity index is 2.15. The Kier molecular flexibility index (Phi) is 3.21. The average molecular weight is 261 g/mol. The van der Waals surface area contributed by atoms with Gasteiger partial charge in [-0.1, -0.05) is 11.6 Å².